The lowest BCUT2D eigenvalue weighted by Crippen LogP contribution is -2.43. The van der Waals surface area contributed by atoms with Crippen molar-refractivity contribution in [3.8, 4) is 0 Å². The van der Waals surface area contributed by atoms with Crippen LogP contribution < -0.4 is 5.32 Å². The maximum atomic E-state index is 13.1. The molecule has 2 fully saturated rings. The first-order chi connectivity index (χ1) is 16.1. The van der Waals surface area contributed by atoms with Crippen molar-refractivity contribution < 1.29 is 14.4 Å². The summed E-state index contributed by atoms with van der Waals surface area (Å²) in [6, 6.07) is 17.1. The number of aromatic nitrogens is 2. The van der Waals surface area contributed by atoms with Gasteiger partial charge < -0.3 is 10.3 Å². The summed E-state index contributed by atoms with van der Waals surface area (Å²) in [5, 5.41) is 3.02. The van der Waals surface area contributed by atoms with Gasteiger partial charge in [-0.1, -0.05) is 54.6 Å². The number of nitrogens with one attached hydrogen (secondary N) is 2. The van der Waals surface area contributed by atoms with Crippen molar-refractivity contribution in [3.63, 3.8) is 0 Å². The van der Waals surface area contributed by atoms with Crippen LogP contribution >= 0.6 is 0 Å². The Morgan fingerprint density at radius 3 is 2.36 bits per heavy atom. The van der Waals surface area contributed by atoms with E-state index in [-0.39, 0.29) is 47.9 Å². The summed E-state index contributed by atoms with van der Waals surface area (Å²) in [6.45, 7) is -0.254. The Hall–Kier alpha value is -3.74. The number of hydrogen-bond acceptors (Lipinski definition) is 4. The van der Waals surface area contributed by atoms with Crippen molar-refractivity contribution in [3.05, 3.63) is 78.1 Å². The van der Waals surface area contributed by atoms with Gasteiger partial charge in [0.2, 0.25) is 17.7 Å². The fraction of sp³-hybridized carbons (Fsp3) is 0.308. The van der Waals surface area contributed by atoms with E-state index in [0.717, 1.165) is 27.9 Å². The third-order valence-corrected chi connectivity index (χ3v) is 7.22. The first-order valence-corrected chi connectivity index (χ1v) is 11.4. The second-order valence-corrected chi connectivity index (χ2v) is 9.21. The molecule has 3 amide bonds. The topological polar surface area (TPSA) is 95.2 Å². The highest BCUT2D eigenvalue weighted by Crippen LogP contribution is 2.52. The molecular formula is C26H24N4O3. The second-order valence-electron chi connectivity index (χ2n) is 9.21. The minimum Gasteiger partial charge on any atom is -0.344 e. The van der Waals surface area contributed by atoms with Crippen molar-refractivity contribution in [2.75, 3.05) is 6.54 Å². The van der Waals surface area contributed by atoms with Crippen LogP contribution in [-0.2, 0) is 20.8 Å². The molecule has 3 aliphatic rings. The predicted octanol–water partition coefficient (Wildman–Crippen LogP) is 2.77. The van der Waals surface area contributed by atoms with Gasteiger partial charge in [-0.25, -0.2) is 4.98 Å². The summed E-state index contributed by atoms with van der Waals surface area (Å²) < 4.78 is 0. The number of imide groups is 1. The number of H-pyrrole nitrogens is 1. The summed E-state index contributed by atoms with van der Waals surface area (Å²) in [4.78, 5) is 48.1. The number of rotatable bonds is 6. The lowest BCUT2D eigenvalue weighted by Gasteiger charge is -2.20. The molecule has 6 rings (SSSR count). The molecule has 1 aliphatic heterocycles. The molecule has 0 spiro atoms. The zero-order valence-corrected chi connectivity index (χ0v) is 18.0. The summed E-state index contributed by atoms with van der Waals surface area (Å²) in [6.07, 6.45) is 5.52. The third-order valence-electron chi connectivity index (χ3n) is 7.22. The van der Waals surface area contributed by atoms with Gasteiger partial charge in [0.1, 0.15) is 12.4 Å². The molecule has 0 unspecified atom stereocenters. The third kappa shape index (κ3) is 3.35. The maximum absolute atomic E-state index is 13.1. The Labute approximate surface area is 190 Å². The molecule has 166 valence electrons. The summed E-state index contributed by atoms with van der Waals surface area (Å²) in [5.41, 5.74) is 2.76. The maximum Gasteiger partial charge on any atom is 0.240 e. The number of carbonyl (C=O) groups is 3. The Morgan fingerprint density at radius 1 is 1.00 bits per heavy atom. The van der Waals surface area contributed by atoms with E-state index in [9.17, 15) is 14.4 Å². The van der Waals surface area contributed by atoms with Crippen molar-refractivity contribution >= 4 is 28.8 Å². The Kier molecular flexibility index (Phi) is 4.64. The average Bonchev–Trinajstić information content (AvgIpc) is 3.59. The van der Waals surface area contributed by atoms with E-state index >= 15 is 0 Å². The van der Waals surface area contributed by atoms with E-state index in [1.54, 1.807) is 0 Å². The van der Waals surface area contributed by atoms with Gasteiger partial charge in [-0.3, -0.25) is 19.3 Å². The average molecular weight is 441 g/mol. The molecule has 1 saturated carbocycles. The first kappa shape index (κ1) is 19.9. The highest BCUT2D eigenvalue weighted by molar-refractivity contribution is 6.08. The molecular weight excluding hydrogens is 416 g/mol. The molecule has 2 N–H and O–H groups in total. The lowest BCUT2D eigenvalue weighted by atomic mass is 9.85. The molecule has 0 radical (unpaired) electrons. The molecule has 5 atom stereocenters. The fourth-order valence-electron chi connectivity index (χ4n) is 5.71. The Balaban J connectivity index is 1.22. The highest BCUT2D eigenvalue weighted by Gasteiger charge is 2.59. The van der Waals surface area contributed by atoms with Crippen LogP contribution in [0.25, 0.3) is 11.0 Å². The molecule has 2 bridgehead atoms. The van der Waals surface area contributed by atoms with Crippen LogP contribution in [-0.4, -0.2) is 39.1 Å². The minimum atomic E-state index is -0.419. The van der Waals surface area contributed by atoms with Gasteiger partial charge in [-0.15, -0.1) is 0 Å². The van der Waals surface area contributed by atoms with Crippen LogP contribution in [0.1, 0.15) is 23.9 Å². The van der Waals surface area contributed by atoms with E-state index < -0.39 is 6.04 Å². The minimum absolute atomic E-state index is 0.130. The SMILES string of the molecule is O=C(CN1C(=O)[C@H]2[C@H](C1=O)[C@H]1C=C[C@H]2C1)N[C@@H](Cc1ccccc1)c1nc2ccccc2[nH]1. The van der Waals surface area contributed by atoms with Gasteiger partial charge in [0.25, 0.3) is 0 Å². The van der Waals surface area contributed by atoms with E-state index in [2.05, 4.69) is 27.4 Å². The van der Waals surface area contributed by atoms with E-state index in [1.165, 1.54) is 0 Å². The van der Waals surface area contributed by atoms with Crippen LogP contribution in [0, 0.1) is 23.7 Å². The molecule has 2 heterocycles. The quantitative estimate of drug-likeness (QED) is 0.455. The van der Waals surface area contributed by atoms with Gasteiger partial charge >= 0.3 is 0 Å². The van der Waals surface area contributed by atoms with Gasteiger partial charge in [0.05, 0.1) is 28.9 Å². The molecule has 7 nitrogen and oxygen atoms in total. The zero-order valence-electron chi connectivity index (χ0n) is 18.0. The van der Waals surface area contributed by atoms with E-state index in [1.807, 2.05) is 54.6 Å². The van der Waals surface area contributed by atoms with Gasteiger partial charge in [-0.2, -0.15) is 0 Å². The first-order valence-electron chi connectivity index (χ1n) is 11.4. The normalized spacial score (nSPS) is 26.2. The van der Waals surface area contributed by atoms with Gasteiger partial charge in [0, 0.05) is 0 Å². The fourth-order valence-corrected chi connectivity index (χ4v) is 5.71. The Morgan fingerprint density at radius 2 is 1.67 bits per heavy atom. The Bertz CT molecular complexity index is 1220. The van der Waals surface area contributed by atoms with E-state index in [0.29, 0.717) is 12.2 Å². The van der Waals surface area contributed by atoms with Crippen LogP contribution in [0.3, 0.4) is 0 Å². The standard InChI is InChI=1S/C26H24N4O3/c31-21(14-30-25(32)22-16-10-11-17(13-16)23(22)26(30)33)27-20(12-15-6-2-1-3-7-15)24-28-18-8-4-5-9-19(18)29-24/h1-11,16-17,20,22-23H,12-14H2,(H,27,31)(H,28,29)/t16-,17-,20-,22+,23+/m0/s1. The van der Waals surface area contributed by atoms with Crippen molar-refractivity contribution in [2.24, 2.45) is 23.7 Å². The largest absolute Gasteiger partial charge is 0.344 e. The van der Waals surface area contributed by atoms with Gasteiger partial charge in [-0.05, 0) is 42.4 Å². The number of likely N-dealkylation sites (tertiary alicyclic amines) is 1. The molecule has 1 saturated heterocycles. The smallest absolute Gasteiger partial charge is 0.240 e. The number of allylic oxidation sites excluding steroid dienone is 2. The molecule has 2 aliphatic carbocycles. The van der Waals surface area contributed by atoms with Crippen molar-refractivity contribution in [1.82, 2.24) is 20.2 Å². The molecule has 7 heteroatoms. The summed E-state index contributed by atoms with van der Waals surface area (Å²) in [5.74, 6) is -0.464. The number of carbonyl (C=O) groups excluding carboxylic acids is 3. The number of benzene rings is 2. The summed E-state index contributed by atoms with van der Waals surface area (Å²) >= 11 is 0. The monoisotopic (exact) mass is 440 g/mol. The number of fused-ring (bicyclic) bond motifs is 6. The number of amides is 3. The number of para-hydroxylation sites is 2. The summed E-state index contributed by atoms with van der Waals surface area (Å²) in [7, 11) is 0. The van der Waals surface area contributed by atoms with Crippen LogP contribution in [0.2, 0.25) is 0 Å². The molecule has 3 aromatic rings. The molecule has 1 aromatic heterocycles. The number of hydrogen-bond donors (Lipinski definition) is 2. The number of aromatic amines is 1. The molecule has 33 heavy (non-hydrogen) atoms. The van der Waals surface area contributed by atoms with Crippen LogP contribution in [0.4, 0.5) is 0 Å². The lowest BCUT2D eigenvalue weighted by molar-refractivity contribution is -0.144. The van der Waals surface area contributed by atoms with Gasteiger partial charge in [0.15, 0.2) is 0 Å². The van der Waals surface area contributed by atoms with Crippen LogP contribution in [0.5, 0.6) is 0 Å². The van der Waals surface area contributed by atoms with E-state index in [4.69, 9.17) is 0 Å². The van der Waals surface area contributed by atoms with Crippen molar-refractivity contribution in [1.29, 1.82) is 0 Å². The highest BCUT2D eigenvalue weighted by atomic mass is 16.2. The molecule has 2 aromatic carbocycles. The van der Waals surface area contributed by atoms with Crippen molar-refractivity contribution in [2.45, 2.75) is 18.9 Å². The number of imidazole rings is 1. The zero-order chi connectivity index (χ0) is 22.5. The number of nitrogens with zero attached hydrogens (tertiary/aromatic N) is 2. The predicted molar refractivity (Wildman–Crippen MR) is 122 cm³/mol. The second kappa shape index (κ2) is 7.69. The van der Waals surface area contributed by atoms with Crippen LogP contribution in [0.15, 0.2) is 66.7 Å².